The topological polar surface area (TPSA) is 39.7 Å². The zero-order valence-electron chi connectivity index (χ0n) is 14.5. The molecule has 0 radical (unpaired) electrons. The largest absolute Gasteiger partial charge is 0.367 e. The molecule has 2 aromatic rings. The van der Waals surface area contributed by atoms with E-state index in [2.05, 4.69) is 15.6 Å². The van der Waals surface area contributed by atoms with Gasteiger partial charge in [0.1, 0.15) is 17.5 Å². The number of guanidine groups is 1. The molecular weight excluding hydrogens is 341 g/mol. The van der Waals surface area contributed by atoms with Crippen LogP contribution in [-0.4, -0.2) is 32.1 Å². The summed E-state index contributed by atoms with van der Waals surface area (Å²) in [5.41, 5.74) is 1.35. The van der Waals surface area contributed by atoms with Crippen molar-refractivity contribution in [2.24, 2.45) is 4.99 Å². The van der Waals surface area contributed by atoms with Crippen LogP contribution >= 0.6 is 0 Å². The van der Waals surface area contributed by atoms with Crippen LogP contribution < -0.4 is 15.5 Å². The summed E-state index contributed by atoms with van der Waals surface area (Å²) >= 11 is 0. The first-order valence-corrected chi connectivity index (χ1v) is 8.47. The molecule has 0 aromatic heterocycles. The van der Waals surface area contributed by atoms with Crippen LogP contribution in [0.5, 0.6) is 0 Å². The molecule has 1 aliphatic heterocycles. The van der Waals surface area contributed by atoms with E-state index in [1.165, 1.54) is 24.3 Å². The van der Waals surface area contributed by atoms with Crippen molar-refractivity contribution in [3.63, 3.8) is 0 Å². The van der Waals surface area contributed by atoms with E-state index in [0.717, 1.165) is 18.1 Å². The average Bonchev–Trinajstić information content (AvgIpc) is 3.08. The number of hydrogen-bond acceptors (Lipinski definition) is 2. The van der Waals surface area contributed by atoms with Crippen molar-refractivity contribution in [2.45, 2.75) is 19.0 Å². The fourth-order valence-corrected chi connectivity index (χ4v) is 3.01. The minimum atomic E-state index is -0.578. The molecule has 1 saturated heterocycles. The number of benzene rings is 2. The van der Waals surface area contributed by atoms with Gasteiger partial charge in [-0.3, -0.25) is 4.99 Å². The number of rotatable bonds is 4. The summed E-state index contributed by atoms with van der Waals surface area (Å²) in [6.45, 7) is 1.79. The van der Waals surface area contributed by atoms with E-state index in [1.807, 2.05) is 4.90 Å². The predicted octanol–water partition coefficient (Wildman–Crippen LogP) is 3.05. The van der Waals surface area contributed by atoms with Gasteiger partial charge >= 0.3 is 0 Å². The lowest BCUT2D eigenvalue weighted by atomic mass is 10.2. The summed E-state index contributed by atoms with van der Waals surface area (Å²) in [5.74, 6) is -0.772. The first-order valence-electron chi connectivity index (χ1n) is 8.47. The van der Waals surface area contributed by atoms with Crippen molar-refractivity contribution in [2.75, 3.05) is 25.0 Å². The third-order valence-electron chi connectivity index (χ3n) is 4.38. The van der Waals surface area contributed by atoms with Gasteiger partial charge in [-0.1, -0.05) is 12.1 Å². The van der Waals surface area contributed by atoms with Crippen molar-refractivity contribution < 1.29 is 13.2 Å². The Bertz CT molecular complexity index is 777. The van der Waals surface area contributed by atoms with Gasteiger partial charge in [-0.2, -0.15) is 0 Å². The van der Waals surface area contributed by atoms with E-state index < -0.39 is 11.6 Å². The number of anilines is 1. The monoisotopic (exact) mass is 362 g/mol. The molecule has 1 unspecified atom stereocenters. The standard InChI is InChI=1S/C19H21F3N4/c1-23-19(24-11-13-2-4-14(20)5-3-13)25-16-8-9-26(12-16)18-7-6-15(21)10-17(18)22/h2-7,10,16H,8-9,11-12H2,1H3,(H2,23,24,25). The number of halogens is 3. The lowest BCUT2D eigenvalue weighted by Crippen LogP contribution is -2.44. The Morgan fingerprint density at radius 3 is 2.54 bits per heavy atom. The number of nitrogens with zero attached hydrogens (tertiary/aromatic N) is 2. The average molecular weight is 362 g/mol. The van der Waals surface area contributed by atoms with Crippen LogP contribution in [0.25, 0.3) is 0 Å². The Labute approximate surface area is 150 Å². The second kappa shape index (κ2) is 8.12. The zero-order valence-corrected chi connectivity index (χ0v) is 14.5. The number of nitrogens with one attached hydrogen (secondary N) is 2. The second-order valence-corrected chi connectivity index (χ2v) is 6.22. The first kappa shape index (κ1) is 18.1. The Hall–Kier alpha value is -2.70. The molecule has 1 fully saturated rings. The molecule has 7 heteroatoms. The van der Waals surface area contributed by atoms with Crippen molar-refractivity contribution in [1.29, 1.82) is 0 Å². The van der Waals surface area contributed by atoms with E-state index in [-0.39, 0.29) is 11.9 Å². The third-order valence-corrected chi connectivity index (χ3v) is 4.38. The summed E-state index contributed by atoms with van der Waals surface area (Å²) in [4.78, 5) is 6.08. The highest BCUT2D eigenvalue weighted by atomic mass is 19.1. The van der Waals surface area contributed by atoms with Crippen LogP contribution in [0.3, 0.4) is 0 Å². The molecule has 0 amide bonds. The molecule has 1 aliphatic rings. The smallest absolute Gasteiger partial charge is 0.191 e. The van der Waals surface area contributed by atoms with E-state index in [4.69, 9.17) is 0 Å². The summed E-state index contributed by atoms with van der Waals surface area (Å²) in [5, 5.41) is 6.48. The lowest BCUT2D eigenvalue weighted by molar-refractivity contribution is 0.580. The molecular formula is C19H21F3N4. The van der Waals surface area contributed by atoms with Crippen molar-refractivity contribution in [3.05, 3.63) is 65.5 Å². The minimum absolute atomic E-state index is 0.0962. The molecule has 26 heavy (non-hydrogen) atoms. The van der Waals surface area contributed by atoms with Gasteiger partial charge in [-0.05, 0) is 36.2 Å². The highest BCUT2D eigenvalue weighted by Crippen LogP contribution is 2.24. The molecule has 3 rings (SSSR count). The van der Waals surface area contributed by atoms with Gasteiger partial charge < -0.3 is 15.5 Å². The van der Waals surface area contributed by atoms with Gasteiger partial charge in [-0.15, -0.1) is 0 Å². The van der Waals surface area contributed by atoms with Crippen LogP contribution in [0.2, 0.25) is 0 Å². The van der Waals surface area contributed by atoms with Gasteiger partial charge in [0.05, 0.1) is 5.69 Å². The molecule has 2 N–H and O–H groups in total. The Morgan fingerprint density at radius 1 is 1.12 bits per heavy atom. The normalized spacial score (nSPS) is 17.5. The summed E-state index contributed by atoms with van der Waals surface area (Å²) in [6.07, 6.45) is 0.814. The van der Waals surface area contributed by atoms with E-state index in [1.54, 1.807) is 19.2 Å². The van der Waals surface area contributed by atoms with Gasteiger partial charge in [0.25, 0.3) is 0 Å². The van der Waals surface area contributed by atoms with Gasteiger partial charge in [0, 0.05) is 38.8 Å². The molecule has 0 spiro atoms. The van der Waals surface area contributed by atoms with Crippen molar-refractivity contribution >= 4 is 11.6 Å². The highest BCUT2D eigenvalue weighted by molar-refractivity contribution is 5.80. The SMILES string of the molecule is CN=C(NCc1ccc(F)cc1)NC1CCN(c2ccc(F)cc2F)C1. The first-order chi connectivity index (χ1) is 12.5. The van der Waals surface area contributed by atoms with E-state index in [0.29, 0.717) is 31.3 Å². The Balaban J connectivity index is 1.54. The second-order valence-electron chi connectivity index (χ2n) is 6.22. The maximum Gasteiger partial charge on any atom is 0.191 e. The van der Waals surface area contributed by atoms with Gasteiger partial charge in [0.2, 0.25) is 0 Å². The fraction of sp³-hybridized carbons (Fsp3) is 0.316. The maximum atomic E-state index is 13.9. The molecule has 1 atom stereocenters. The fourth-order valence-electron chi connectivity index (χ4n) is 3.01. The summed E-state index contributed by atoms with van der Waals surface area (Å²) in [7, 11) is 1.67. The summed E-state index contributed by atoms with van der Waals surface area (Å²) < 4.78 is 39.9. The molecule has 2 aromatic carbocycles. The van der Waals surface area contributed by atoms with Crippen LogP contribution in [-0.2, 0) is 6.54 Å². The van der Waals surface area contributed by atoms with Crippen LogP contribution in [0.4, 0.5) is 18.9 Å². The van der Waals surface area contributed by atoms with E-state index >= 15 is 0 Å². The predicted molar refractivity (Wildman–Crippen MR) is 96.7 cm³/mol. The molecule has 0 saturated carbocycles. The number of hydrogen-bond donors (Lipinski definition) is 2. The molecule has 0 aliphatic carbocycles. The third kappa shape index (κ3) is 4.47. The molecule has 0 bridgehead atoms. The number of aliphatic imine (C=N–C) groups is 1. The lowest BCUT2D eigenvalue weighted by Gasteiger charge is -2.21. The summed E-state index contributed by atoms with van der Waals surface area (Å²) in [6, 6.07) is 9.99. The van der Waals surface area contributed by atoms with Crippen LogP contribution in [0, 0.1) is 17.5 Å². The molecule has 4 nitrogen and oxygen atoms in total. The van der Waals surface area contributed by atoms with E-state index in [9.17, 15) is 13.2 Å². The van der Waals surface area contributed by atoms with Crippen molar-refractivity contribution in [1.82, 2.24) is 10.6 Å². The highest BCUT2D eigenvalue weighted by Gasteiger charge is 2.25. The van der Waals surface area contributed by atoms with Gasteiger partial charge in [0.15, 0.2) is 5.96 Å². The van der Waals surface area contributed by atoms with Crippen LogP contribution in [0.15, 0.2) is 47.5 Å². The molecule has 1 heterocycles. The Morgan fingerprint density at radius 2 is 1.85 bits per heavy atom. The quantitative estimate of drug-likeness (QED) is 0.649. The van der Waals surface area contributed by atoms with Crippen LogP contribution in [0.1, 0.15) is 12.0 Å². The van der Waals surface area contributed by atoms with Gasteiger partial charge in [-0.25, -0.2) is 13.2 Å². The maximum absolute atomic E-state index is 13.9. The molecule has 138 valence electrons. The van der Waals surface area contributed by atoms with Crippen molar-refractivity contribution in [3.8, 4) is 0 Å². The minimum Gasteiger partial charge on any atom is -0.367 e. The Kier molecular flexibility index (Phi) is 5.65. The zero-order chi connectivity index (χ0) is 18.5.